The van der Waals surface area contributed by atoms with Crippen molar-refractivity contribution < 1.29 is 14.1 Å². The fourth-order valence-electron chi connectivity index (χ4n) is 2.68. The Morgan fingerprint density at radius 2 is 1.96 bits per heavy atom. The van der Waals surface area contributed by atoms with Gasteiger partial charge in [0.05, 0.1) is 18.9 Å². The molecule has 1 atom stereocenters. The van der Waals surface area contributed by atoms with E-state index in [2.05, 4.69) is 22.3 Å². The van der Waals surface area contributed by atoms with Gasteiger partial charge in [0, 0.05) is 30.9 Å². The van der Waals surface area contributed by atoms with E-state index in [1.807, 2.05) is 24.3 Å². The highest BCUT2D eigenvalue weighted by atomic mass is 16.5. The fraction of sp³-hybridized carbons (Fsp3) is 0.412. The SMILES string of the molecule is Cc1cc(C(=O)Nc2ccc([C@H](C)N3CCOCC3)cc2)on1. The summed E-state index contributed by atoms with van der Waals surface area (Å²) in [7, 11) is 0. The van der Waals surface area contributed by atoms with E-state index in [9.17, 15) is 4.79 Å². The number of ether oxygens (including phenoxy) is 1. The number of nitrogens with zero attached hydrogens (tertiary/aromatic N) is 2. The minimum atomic E-state index is -0.292. The third-order valence-electron chi connectivity index (χ3n) is 4.10. The lowest BCUT2D eigenvalue weighted by atomic mass is 10.1. The van der Waals surface area contributed by atoms with E-state index in [-0.39, 0.29) is 11.7 Å². The van der Waals surface area contributed by atoms with Gasteiger partial charge in [0.15, 0.2) is 0 Å². The molecular formula is C17H21N3O3. The number of amides is 1. The zero-order valence-electron chi connectivity index (χ0n) is 13.4. The fourth-order valence-corrected chi connectivity index (χ4v) is 2.68. The molecular weight excluding hydrogens is 294 g/mol. The summed E-state index contributed by atoms with van der Waals surface area (Å²) in [6.45, 7) is 7.44. The lowest BCUT2D eigenvalue weighted by Crippen LogP contribution is -2.37. The van der Waals surface area contributed by atoms with Gasteiger partial charge in [-0.25, -0.2) is 0 Å². The maximum absolute atomic E-state index is 12.0. The summed E-state index contributed by atoms with van der Waals surface area (Å²) in [5.41, 5.74) is 2.65. The number of hydrogen-bond donors (Lipinski definition) is 1. The zero-order valence-corrected chi connectivity index (χ0v) is 13.4. The van der Waals surface area contributed by atoms with Gasteiger partial charge in [-0.15, -0.1) is 0 Å². The third-order valence-corrected chi connectivity index (χ3v) is 4.10. The summed E-state index contributed by atoms with van der Waals surface area (Å²) in [5, 5.41) is 6.53. The van der Waals surface area contributed by atoms with E-state index in [4.69, 9.17) is 9.26 Å². The topological polar surface area (TPSA) is 67.6 Å². The summed E-state index contributed by atoms with van der Waals surface area (Å²) < 4.78 is 10.3. The van der Waals surface area contributed by atoms with E-state index in [1.54, 1.807) is 13.0 Å². The van der Waals surface area contributed by atoms with Crippen LogP contribution in [-0.4, -0.2) is 42.3 Å². The zero-order chi connectivity index (χ0) is 16.2. The second kappa shape index (κ2) is 6.93. The molecule has 1 saturated heterocycles. The minimum absolute atomic E-state index is 0.216. The van der Waals surface area contributed by atoms with Crippen LogP contribution in [0.2, 0.25) is 0 Å². The van der Waals surface area contributed by atoms with Gasteiger partial charge in [-0.2, -0.15) is 0 Å². The predicted molar refractivity (Wildman–Crippen MR) is 86.4 cm³/mol. The number of nitrogens with one attached hydrogen (secondary N) is 1. The van der Waals surface area contributed by atoms with E-state index in [0.717, 1.165) is 32.0 Å². The Kier molecular flexibility index (Phi) is 4.73. The third kappa shape index (κ3) is 3.78. The monoisotopic (exact) mass is 315 g/mol. The molecule has 0 unspecified atom stereocenters. The first kappa shape index (κ1) is 15.7. The van der Waals surface area contributed by atoms with Gasteiger partial charge in [-0.3, -0.25) is 9.69 Å². The molecule has 0 spiro atoms. The highest BCUT2D eigenvalue weighted by Gasteiger charge is 2.18. The molecule has 3 rings (SSSR count). The summed E-state index contributed by atoms with van der Waals surface area (Å²) in [5.74, 6) is -0.0761. The van der Waals surface area contributed by atoms with E-state index in [1.165, 1.54) is 5.56 Å². The van der Waals surface area contributed by atoms with Crippen LogP contribution in [0.5, 0.6) is 0 Å². The van der Waals surface area contributed by atoms with Crippen molar-refractivity contribution >= 4 is 11.6 Å². The Labute approximate surface area is 135 Å². The molecule has 1 aliphatic heterocycles. The summed E-state index contributed by atoms with van der Waals surface area (Å²) >= 11 is 0. The molecule has 2 heterocycles. The molecule has 0 aliphatic carbocycles. The van der Waals surface area contributed by atoms with Crippen LogP contribution < -0.4 is 5.32 Å². The Bertz CT molecular complexity index is 660. The van der Waals surface area contributed by atoms with Crippen molar-refractivity contribution in [3.63, 3.8) is 0 Å². The first-order valence-corrected chi connectivity index (χ1v) is 7.80. The van der Waals surface area contributed by atoms with Crippen LogP contribution in [0.3, 0.4) is 0 Å². The lowest BCUT2D eigenvalue weighted by molar-refractivity contribution is 0.0198. The molecule has 6 heteroatoms. The number of aryl methyl sites for hydroxylation is 1. The highest BCUT2D eigenvalue weighted by Crippen LogP contribution is 2.23. The van der Waals surface area contributed by atoms with Crippen LogP contribution in [0.15, 0.2) is 34.9 Å². The molecule has 23 heavy (non-hydrogen) atoms. The van der Waals surface area contributed by atoms with Gasteiger partial charge in [0.2, 0.25) is 5.76 Å². The van der Waals surface area contributed by atoms with Crippen molar-refractivity contribution in [1.82, 2.24) is 10.1 Å². The molecule has 1 aliphatic rings. The normalized spacial score (nSPS) is 17.0. The average Bonchev–Trinajstić information content (AvgIpc) is 3.02. The van der Waals surface area contributed by atoms with E-state index >= 15 is 0 Å². The molecule has 6 nitrogen and oxygen atoms in total. The molecule has 1 aromatic heterocycles. The predicted octanol–water partition coefficient (Wildman–Crippen LogP) is 2.63. The Hall–Kier alpha value is -2.18. The first-order chi connectivity index (χ1) is 11.1. The van der Waals surface area contributed by atoms with Gasteiger partial charge in [0.1, 0.15) is 0 Å². The van der Waals surface area contributed by atoms with Crippen molar-refractivity contribution in [2.45, 2.75) is 19.9 Å². The van der Waals surface area contributed by atoms with Crippen LogP contribution in [0, 0.1) is 6.92 Å². The molecule has 1 amide bonds. The highest BCUT2D eigenvalue weighted by molar-refractivity contribution is 6.02. The standard InChI is InChI=1S/C17H21N3O3/c1-12-11-16(23-19-12)17(21)18-15-5-3-14(4-6-15)13(2)20-7-9-22-10-8-20/h3-6,11,13H,7-10H2,1-2H3,(H,18,21)/t13-/m0/s1. The molecule has 1 aromatic carbocycles. The molecule has 0 radical (unpaired) electrons. The molecule has 1 fully saturated rings. The number of morpholine rings is 1. The number of carbonyl (C=O) groups is 1. The molecule has 1 N–H and O–H groups in total. The van der Waals surface area contributed by atoms with Gasteiger partial charge in [-0.1, -0.05) is 17.3 Å². The van der Waals surface area contributed by atoms with E-state index in [0.29, 0.717) is 11.7 Å². The van der Waals surface area contributed by atoms with Crippen LogP contribution in [0.25, 0.3) is 0 Å². The Balaban J connectivity index is 1.63. The smallest absolute Gasteiger partial charge is 0.294 e. The number of rotatable bonds is 4. The first-order valence-electron chi connectivity index (χ1n) is 7.80. The number of aromatic nitrogens is 1. The van der Waals surface area contributed by atoms with Crippen LogP contribution in [0.4, 0.5) is 5.69 Å². The Morgan fingerprint density at radius 1 is 1.26 bits per heavy atom. The second-order valence-corrected chi connectivity index (χ2v) is 5.73. The maximum Gasteiger partial charge on any atom is 0.294 e. The van der Waals surface area contributed by atoms with Crippen LogP contribution in [-0.2, 0) is 4.74 Å². The maximum atomic E-state index is 12.0. The average molecular weight is 315 g/mol. The quantitative estimate of drug-likeness (QED) is 0.939. The minimum Gasteiger partial charge on any atom is -0.379 e. The van der Waals surface area contributed by atoms with Crippen molar-refractivity contribution in [2.24, 2.45) is 0 Å². The summed E-state index contributed by atoms with van der Waals surface area (Å²) in [4.78, 5) is 14.4. The summed E-state index contributed by atoms with van der Waals surface area (Å²) in [6, 6.07) is 9.86. The number of carbonyl (C=O) groups excluding carboxylic acids is 1. The Morgan fingerprint density at radius 3 is 2.57 bits per heavy atom. The molecule has 0 saturated carbocycles. The van der Waals surface area contributed by atoms with Crippen LogP contribution in [0.1, 0.15) is 34.8 Å². The molecule has 122 valence electrons. The van der Waals surface area contributed by atoms with Gasteiger partial charge in [-0.05, 0) is 31.5 Å². The number of hydrogen-bond acceptors (Lipinski definition) is 5. The van der Waals surface area contributed by atoms with Crippen molar-refractivity contribution in [3.05, 3.63) is 47.3 Å². The molecule has 0 bridgehead atoms. The van der Waals surface area contributed by atoms with E-state index < -0.39 is 0 Å². The van der Waals surface area contributed by atoms with Crippen molar-refractivity contribution in [2.75, 3.05) is 31.6 Å². The molecule has 2 aromatic rings. The van der Waals surface area contributed by atoms with Crippen LogP contribution >= 0.6 is 0 Å². The van der Waals surface area contributed by atoms with Gasteiger partial charge in [0.25, 0.3) is 5.91 Å². The lowest BCUT2D eigenvalue weighted by Gasteiger charge is -2.32. The van der Waals surface area contributed by atoms with Crippen molar-refractivity contribution in [1.29, 1.82) is 0 Å². The van der Waals surface area contributed by atoms with Gasteiger partial charge < -0.3 is 14.6 Å². The summed E-state index contributed by atoms with van der Waals surface area (Å²) in [6.07, 6.45) is 0. The number of anilines is 1. The second-order valence-electron chi connectivity index (χ2n) is 5.73. The van der Waals surface area contributed by atoms with Crippen molar-refractivity contribution in [3.8, 4) is 0 Å². The largest absolute Gasteiger partial charge is 0.379 e. The number of benzene rings is 1. The van der Waals surface area contributed by atoms with Gasteiger partial charge >= 0.3 is 0 Å².